The van der Waals surface area contributed by atoms with Crippen LogP contribution in [-0.4, -0.2) is 46.7 Å². The number of rotatable bonds is 9. The van der Waals surface area contributed by atoms with Crippen LogP contribution in [0.25, 0.3) is 0 Å². The molecule has 0 radical (unpaired) electrons. The van der Waals surface area contributed by atoms with E-state index in [1.165, 1.54) is 0 Å². The monoisotopic (exact) mass is 345 g/mol. The molecule has 7 nitrogen and oxygen atoms in total. The molecule has 134 valence electrons. The van der Waals surface area contributed by atoms with Crippen molar-refractivity contribution in [3.8, 4) is 0 Å². The van der Waals surface area contributed by atoms with Crippen LogP contribution in [0.5, 0.6) is 0 Å². The van der Waals surface area contributed by atoms with E-state index in [0.717, 1.165) is 5.69 Å². The highest BCUT2D eigenvalue weighted by Crippen LogP contribution is 2.28. The zero-order valence-electron chi connectivity index (χ0n) is 13.9. The van der Waals surface area contributed by atoms with Crippen molar-refractivity contribution in [1.29, 1.82) is 0 Å². The summed E-state index contributed by atoms with van der Waals surface area (Å²) in [5.74, 6) is 0. The highest BCUT2D eigenvalue weighted by atomic mass is 16.3. The molecule has 4 N–H and O–H groups in total. The molecule has 0 amide bonds. The molecule has 0 unspecified atom stereocenters. The van der Waals surface area contributed by atoms with Crippen molar-refractivity contribution in [2.24, 2.45) is 10.2 Å². The summed E-state index contributed by atoms with van der Waals surface area (Å²) in [5, 5.41) is 45.6. The summed E-state index contributed by atoms with van der Waals surface area (Å²) in [4.78, 5) is 1.80. The molecule has 0 aliphatic heterocycles. The van der Waals surface area contributed by atoms with Crippen molar-refractivity contribution in [3.05, 3.63) is 53.6 Å². The second kappa shape index (κ2) is 9.85. The van der Waals surface area contributed by atoms with E-state index in [0.29, 0.717) is 35.6 Å². The summed E-state index contributed by atoms with van der Waals surface area (Å²) >= 11 is 0. The van der Waals surface area contributed by atoms with Crippen molar-refractivity contribution in [2.75, 3.05) is 31.2 Å². The molecule has 2 aromatic carbocycles. The van der Waals surface area contributed by atoms with Crippen LogP contribution in [0.15, 0.2) is 52.7 Å². The van der Waals surface area contributed by atoms with Crippen LogP contribution >= 0.6 is 0 Å². The first-order chi connectivity index (χ1) is 12.2. The molecule has 0 atom stereocenters. The predicted molar refractivity (Wildman–Crippen MR) is 95.3 cm³/mol. The van der Waals surface area contributed by atoms with E-state index in [2.05, 4.69) is 10.2 Å². The molecule has 0 saturated heterocycles. The van der Waals surface area contributed by atoms with E-state index >= 15 is 0 Å². The zero-order valence-corrected chi connectivity index (χ0v) is 13.9. The van der Waals surface area contributed by atoms with Crippen LogP contribution in [0.2, 0.25) is 0 Å². The highest BCUT2D eigenvalue weighted by Gasteiger charge is 2.11. The van der Waals surface area contributed by atoms with Crippen LogP contribution < -0.4 is 4.90 Å². The lowest BCUT2D eigenvalue weighted by Gasteiger charge is -2.25. The number of hydrogen-bond donors (Lipinski definition) is 4. The Morgan fingerprint density at radius 2 is 1.44 bits per heavy atom. The van der Waals surface area contributed by atoms with Gasteiger partial charge < -0.3 is 25.3 Å². The Balaban J connectivity index is 2.27. The Kier molecular flexibility index (Phi) is 7.49. The number of hydrogen-bond acceptors (Lipinski definition) is 7. The Bertz CT molecular complexity index is 700. The van der Waals surface area contributed by atoms with E-state index in [1.54, 1.807) is 35.2 Å². The van der Waals surface area contributed by atoms with Crippen molar-refractivity contribution >= 4 is 17.1 Å². The van der Waals surface area contributed by atoms with E-state index in [9.17, 15) is 10.2 Å². The second-order valence-corrected chi connectivity index (χ2v) is 5.39. The van der Waals surface area contributed by atoms with Gasteiger partial charge in [0.2, 0.25) is 0 Å². The van der Waals surface area contributed by atoms with Gasteiger partial charge in [-0.2, -0.15) is 10.2 Å². The quantitative estimate of drug-likeness (QED) is 0.519. The third kappa shape index (κ3) is 5.07. The molecule has 2 aromatic rings. The maximum atomic E-state index is 9.64. The first-order valence-corrected chi connectivity index (χ1v) is 8.04. The minimum Gasteiger partial charge on any atom is -0.395 e. The first kappa shape index (κ1) is 19.0. The number of aliphatic hydroxyl groups excluding tert-OH is 4. The summed E-state index contributed by atoms with van der Waals surface area (Å²) < 4.78 is 0. The highest BCUT2D eigenvalue weighted by molar-refractivity contribution is 5.59. The van der Waals surface area contributed by atoms with Gasteiger partial charge >= 0.3 is 0 Å². The van der Waals surface area contributed by atoms with Gasteiger partial charge in [0, 0.05) is 29.9 Å². The molecule has 0 heterocycles. The molecule has 0 aliphatic carbocycles. The van der Waals surface area contributed by atoms with Crippen molar-refractivity contribution in [1.82, 2.24) is 0 Å². The number of azo groups is 1. The standard InChI is InChI=1S/C18H23N3O4/c22-9-7-21(8-10-23)18-6-5-16(11-15(18)13-25)19-20-17-4-2-1-3-14(17)12-24/h1-6,11,22-25H,7-10,12-13H2/b20-19+. The van der Waals surface area contributed by atoms with Gasteiger partial charge in [0.05, 0.1) is 37.8 Å². The second-order valence-electron chi connectivity index (χ2n) is 5.39. The van der Waals surface area contributed by atoms with Crippen LogP contribution in [0.3, 0.4) is 0 Å². The molecule has 25 heavy (non-hydrogen) atoms. The molecule has 2 rings (SSSR count). The molecular formula is C18H23N3O4. The van der Waals surface area contributed by atoms with Crippen molar-refractivity contribution in [2.45, 2.75) is 13.2 Å². The average Bonchev–Trinajstić information content (AvgIpc) is 2.66. The maximum Gasteiger partial charge on any atom is 0.0912 e. The minimum atomic E-state index is -0.195. The Morgan fingerprint density at radius 3 is 2.08 bits per heavy atom. The van der Waals surface area contributed by atoms with Gasteiger partial charge in [-0.15, -0.1) is 0 Å². The van der Waals surface area contributed by atoms with Gasteiger partial charge in [0.25, 0.3) is 0 Å². The summed E-state index contributed by atoms with van der Waals surface area (Å²) in [6.07, 6.45) is 0. The van der Waals surface area contributed by atoms with Gasteiger partial charge in [-0.1, -0.05) is 18.2 Å². The van der Waals surface area contributed by atoms with E-state index in [-0.39, 0.29) is 26.4 Å². The predicted octanol–water partition coefficient (Wildman–Crippen LogP) is 1.88. The van der Waals surface area contributed by atoms with Crippen molar-refractivity contribution in [3.63, 3.8) is 0 Å². The van der Waals surface area contributed by atoms with Gasteiger partial charge in [-0.3, -0.25) is 0 Å². The fourth-order valence-electron chi connectivity index (χ4n) is 2.52. The van der Waals surface area contributed by atoms with Crippen LogP contribution in [0, 0.1) is 0 Å². The fraction of sp³-hybridized carbons (Fsp3) is 0.333. The SMILES string of the molecule is OCCN(CCO)c1ccc(/N=N/c2ccccc2CO)cc1CO. The third-order valence-electron chi connectivity index (χ3n) is 3.75. The molecule has 0 fully saturated rings. The van der Waals surface area contributed by atoms with Crippen LogP contribution in [0.1, 0.15) is 11.1 Å². The fourth-order valence-corrected chi connectivity index (χ4v) is 2.52. The maximum absolute atomic E-state index is 9.64. The molecule has 0 aliphatic rings. The topological polar surface area (TPSA) is 109 Å². The van der Waals surface area contributed by atoms with E-state index in [4.69, 9.17) is 10.2 Å². The Hall–Kier alpha value is -2.32. The van der Waals surface area contributed by atoms with Crippen molar-refractivity contribution < 1.29 is 20.4 Å². The summed E-state index contributed by atoms with van der Waals surface area (Å²) in [7, 11) is 0. The first-order valence-electron chi connectivity index (χ1n) is 8.04. The number of nitrogens with zero attached hydrogens (tertiary/aromatic N) is 3. The third-order valence-corrected chi connectivity index (χ3v) is 3.75. The number of aliphatic hydroxyl groups is 4. The lowest BCUT2D eigenvalue weighted by molar-refractivity contribution is 0.274. The smallest absolute Gasteiger partial charge is 0.0912 e. The summed E-state index contributed by atoms with van der Waals surface area (Å²) in [5.41, 5.74) is 3.20. The Labute approximate surface area is 146 Å². The van der Waals surface area contributed by atoms with Gasteiger partial charge in [-0.25, -0.2) is 0 Å². The van der Waals surface area contributed by atoms with Crippen LogP contribution in [0.4, 0.5) is 17.1 Å². The molecule has 0 saturated carbocycles. The molecular weight excluding hydrogens is 322 g/mol. The molecule has 7 heteroatoms. The zero-order chi connectivity index (χ0) is 18.1. The lowest BCUT2D eigenvalue weighted by Crippen LogP contribution is -2.30. The number of anilines is 1. The summed E-state index contributed by atoms with van der Waals surface area (Å²) in [6.45, 7) is 0.303. The largest absolute Gasteiger partial charge is 0.395 e. The normalized spacial score (nSPS) is 11.2. The van der Waals surface area contributed by atoms with Crippen LogP contribution in [-0.2, 0) is 13.2 Å². The van der Waals surface area contributed by atoms with Gasteiger partial charge in [-0.05, 0) is 24.3 Å². The molecule has 0 bridgehead atoms. The summed E-state index contributed by atoms with van der Waals surface area (Å²) in [6, 6.07) is 12.4. The molecule has 0 spiro atoms. The number of benzene rings is 2. The Morgan fingerprint density at radius 1 is 0.760 bits per heavy atom. The van der Waals surface area contributed by atoms with Gasteiger partial charge in [0.15, 0.2) is 0 Å². The van der Waals surface area contributed by atoms with Gasteiger partial charge in [0.1, 0.15) is 0 Å². The van der Waals surface area contributed by atoms with E-state index in [1.807, 2.05) is 12.1 Å². The lowest BCUT2D eigenvalue weighted by atomic mass is 10.1. The minimum absolute atomic E-state index is 0.0513. The molecule has 0 aromatic heterocycles. The average molecular weight is 345 g/mol. The van der Waals surface area contributed by atoms with E-state index < -0.39 is 0 Å².